The van der Waals surface area contributed by atoms with Crippen LogP contribution in [0.3, 0.4) is 0 Å². The van der Waals surface area contributed by atoms with Gasteiger partial charge in [0.1, 0.15) is 5.82 Å². The molecule has 0 bridgehead atoms. The Morgan fingerprint density at radius 3 is 2.81 bits per heavy atom. The van der Waals surface area contributed by atoms with Gasteiger partial charge in [0.15, 0.2) is 5.76 Å². The number of benzene rings is 2. The molecule has 4 rings (SSSR count). The van der Waals surface area contributed by atoms with Crippen molar-refractivity contribution in [2.24, 2.45) is 0 Å². The van der Waals surface area contributed by atoms with Gasteiger partial charge in [-0.15, -0.1) is 11.8 Å². The van der Waals surface area contributed by atoms with E-state index in [2.05, 4.69) is 11.9 Å². The second kappa shape index (κ2) is 9.71. The van der Waals surface area contributed by atoms with E-state index < -0.39 is 23.5 Å². The summed E-state index contributed by atoms with van der Waals surface area (Å²) in [7, 11) is 0. The van der Waals surface area contributed by atoms with Crippen LogP contribution >= 0.6 is 11.8 Å². The summed E-state index contributed by atoms with van der Waals surface area (Å²) in [6.07, 6.45) is 3.95. The van der Waals surface area contributed by atoms with E-state index in [1.165, 1.54) is 6.07 Å². The molecular weight excluding hydrogens is 427 g/mol. The quantitative estimate of drug-likeness (QED) is 0.511. The van der Waals surface area contributed by atoms with Gasteiger partial charge in [-0.3, -0.25) is 14.9 Å². The number of likely N-dealkylation sites (tertiary alicyclic amines) is 1. The summed E-state index contributed by atoms with van der Waals surface area (Å²) < 4.78 is 15.1. The van der Waals surface area contributed by atoms with Gasteiger partial charge in [-0.2, -0.15) is 0 Å². The summed E-state index contributed by atoms with van der Waals surface area (Å²) in [5.41, 5.74) is 2.49. The number of fused-ring (bicyclic) bond motifs is 2. The van der Waals surface area contributed by atoms with Crippen LogP contribution in [-0.2, 0) is 15.3 Å². The monoisotopic (exact) mass is 452 g/mol. The van der Waals surface area contributed by atoms with Crippen LogP contribution in [0.5, 0.6) is 0 Å². The third-order valence-corrected chi connectivity index (χ3v) is 7.03. The standard InChI is InChI=1S/C25H25FN2O3S/c1-2-19(29)20(30)14-23(31)28-13-6-5-12-22(28)27-25-17-9-3-4-11-21(17)32-15-16-8-7-10-18(26)24(16)25/h2-4,7-11,14,22,25,27,30H,1,5-6,12-13,15H2/b20-14-/t22-,25+/m0/s1. The predicted octanol–water partition coefficient (Wildman–Crippen LogP) is 4.65. The molecule has 166 valence electrons. The Bertz CT molecular complexity index is 1080. The lowest BCUT2D eigenvalue weighted by atomic mass is 9.93. The Balaban J connectivity index is 1.70. The smallest absolute Gasteiger partial charge is 0.251 e. The first-order valence-electron chi connectivity index (χ1n) is 10.6. The average molecular weight is 453 g/mol. The lowest BCUT2D eigenvalue weighted by molar-refractivity contribution is -0.131. The first kappa shape index (κ1) is 22.3. The lowest BCUT2D eigenvalue weighted by Crippen LogP contribution is -2.52. The average Bonchev–Trinajstić information content (AvgIpc) is 2.97. The number of thioether (sulfide) groups is 1. The zero-order chi connectivity index (χ0) is 22.7. The van der Waals surface area contributed by atoms with E-state index in [0.29, 0.717) is 24.3 Å². The Morgan fingerprint density at radius 2 is 2.00 bits per heavy atom. The fourth-order valence-electron chi connectivity index (χ4n) is 4.30. The Labute approximate surface area is 191 Å². The molecule has 2 N–H and O–H groups in total. The molecule has 1 amide bonds. The van der Waals surface area contributed by atoms with Crippen molar-refractivity contribution in [1.82, 2.24) is 10.2 Å². The van der Waals surface area contributed by atoms with Gasteiger partial charge < -0.3 is 10.0 Å². The number of carbonyl (C=O) groups excluding carboxylic acids is 2. The van der Waals surface area contributed by atoms with Gasteiger partial charge in [0, 0.05) is 28.8 Å². The van der Waals surface area contributed by atoms with Crippen molar-refractivity contribution in [3.05, 3.63) is 89.5 Å². The maximum Gasteiger partial charge on any atom is 0.251 e. The fourth-order valence-corrected chi connectivity index (χ4v) is 5.39. The van der Waals surface area contributed by atoms with Gasteiger partial charge in [0.05, 0.1) is 12.2 Å². The van der Waals surface area contributed by atoms with Crippen LogP contribution in [0, 0.1) is 5.82 Å². The van der Waals surface area contributed by atoms with E-state index in [9.17, 15) is 14.7 Å². The highest BCUT2D eigenvalue weighted by Gasteiger charge is 2.33. The molecule has 0 aliphatic carbocycles. The molecule has 0 saturated carbocycles. The molecule has 2 aromatic carbocycles. The molecule has 0 aromatic heterocycles. The number of allylic oxidation sites excluding steroid dienone is 1. The summed E-state index contributed by atoms with van der Waals surface area (Å²) in [5.74, 6) is -1.41. The minimum Gasteiger partial charge on any atom is -0.504 e. The second-order valence-corrected chi connectivity index (χ2v) is 8.90. The Hall–Kier alpha value is -2.90. The number of rotatable bonds is 5. The summed E-state index contributed by atoms with van der Waals surface area (Å²) in [4.78, 5) is 27.2. The number of aliphatic hydroxyl groups excluding tert-OH is 1. The van der Waals surface area contributed by atoms with Crippen LogP contribution in [0.25, 0.3) is 0 Å². The third-order valence-electron chi connectivity index (χ3n) is 5.89. The van der Waals surface area contributed by atoms with E-state index >= 15 is 4.39 Å². The summed E-state index contributed by atoms with van der Waals surface area (Å²) in [6, 6.07) is 12.6. The van der Waals surface area contributed by atoms with Crippen LogP contribution in [0.2, 0.25) is 0 Å². The fraction of sp³-hybridized carbons (Fsp3) is 0.280. The van der Waals surface area contributed by atoms with Crippen LogP contribution in [0.1, 0.15) is 42.0 Å². The number of amides is 1. The predicted molar refractivity (Wildman–Crippen MR) is 123 cm³/mol. The van der Waals surface area contributed by atoms with Crippen molar-refractivity contribution in [3.8, 4) is 0 Å². The molecule has 7 heteroatoms. The minimum atomic E-state index is -0.703. The number of piperidine rings is 1. The lowest BCUT2D eigenvalue weighted by Gasteiger charge is -2.38. The molecule has 2 aliphatic rings. The number of ketones is 1. The number of halogens is 1. The van der Waals surface area contributed by atoms with E-state index in [1.807, 2.05) is 30.3 Å². The van der Waals surface area contributed by atoms with Crippen molar-refractivity contribution in [2.45, 2.75) is 42.1 Å². The Morgan fingerprint density at radius 1 is 1.19 bits per heavy atom. The molecule has 2 aliphatic heterocycles. The van der Waals surface area contributed by atoms with Gasteiger partial charge in [0.2, 0.25) is 5.78 Å². The van der Waals surface area contributed by atoms with Gasteiger partial charge in [0.25, 0.3) is 5.91 Å². The highest BCUT2D eigenvalue weighted by atomic mass is 32.2. The highest BCUT2D eigenvalue weighted by molar-refractivity contribution is 7.98. The largest absolute Gasteiger partial charge is 0.504 e. The van der Waals surface area contributed by atoms with E-state index in [-0.39, 0.29) is 12.0 Å². The number of hydrogen-bond acceptors (Lipinski definition) is 5. The molecule has 2 aromatic rings. The maximum absolute atomic E-state index is 15.1. The maximum atomic E-state index is 15.1. The zero-order valence-corrected chi connectivity index (χ0v) is 18.4. The first-order valence-corrected chi connectivity index (χ1v) is 11.6. The molecular formula is C25H25FN2O3S. The van der Waals surface area contributed by atoms with Crippen molar-refractivity contribution >= 4 is 23.5 Å². The minimum absolute atomic E-state index is 0.278. The topological polar surface area (TPSA) is 69.6 Å². The number of carbonyl (C=O) groups is 2. The van der Waals surface area contributed by atoms with Gasteiger partial charge in [-0.1, -0.05) is 36.9 Å². The van der Waals surface area contributed by atoms with E-state index in [0.717, 1.165) is 41.0 Å². The molecule has 0 unspecified atom stereocenters. The molecule has 1 saturated heterocycles. The Kier molecular flexibility index (Phi) is 6.77. The molecule has 2 heterocycles. The van der Waals surface area contributed by atoms with Crippen LogP contribution in [0.15, 0.2) is 71.9 Å². The third kappa shape index (κ3) is 4.49. The molecule has 0 radical (unpaired) electrons. The highest BCUT2D eigenvalue weighted by Crippen LogP contribution is 2.41. The van der Waals surface area contributed by atoms with Crippen molar-refractivity contribution in [2.75, 3.05) is 6.54 Å². The number of nitrogens with one attached hydrogen (secondary N) is 1. The van der Waals surface area contributed by atoms with Crippen molar-refractivity contribution in [3.63, 3.8) is 0 Å². The van der Waals surface area contributed by atoms with Crippen molar-refractivity contribution < 1.29 is 19.1 Å². The van der Waals surface area contributed by atoms with Crippen molar-refractivity contribution in [1.29, 1.82) is 0 Å². The van der Waals surface area contributed by atoms with Gasteiger partial charge in [-0.05, 0) is 48.6 Å². The normalized spacial score (nSPS) is 20.7. The molecule has 32 heavy (non-hydrogen) atoms. The molecule has 1 fully saturated rings. The summed E-state index contributed by atoms with van der Waals surface area (Å²) in [5, 5.41) is 13.4. The SMILES string of the molecule is C=CC(=O)/C(O)=C/C(=O)N1CCCC[C@H]1N[C@@H]1c2ccccc2SCc2cccc(F)c21. The molecule has 0 spiro atoms. The van der Waals surface area contributed by atoms with Gasteiger partial charge >= 0.3 is 0 Å². The van der Waals surface area contributed by atoms with E-state index in [4.69, 9.17) is 0 Å². The number of hydrogen-bond donors (Lipinski definition) is 2. The second-order valence-electron chi connectivity index (χ2n) is 7.88. The van der Waals surface area contributed by atoms with Crippen LogP contribution in [0.4, 0.5) is 4.39 Å². The van der Waals surface area contributed by atoms with Crippen LogP contribution in [-0.4, -0.2) is 34.4 Å². The molecule has 2 atom stereocenters. The zero-order valence-electron chi connectivity index (χ0n) is 17.6. The van der Waals surface area contributed by atoms with Gasteiger partial charge in [-0.25, -0.2) is 4.39 Å². The van der Waals surface area contributed by atoms with E-state index in [1.54, 1.807) is 22.7 Å². The summed E-state index contributed by atoms with van der Waals surface area (Å²) >= 11 is 1.67. The van der Waals surface area contributed by atoms with Crippen LogP contribution < -0.4 is 5.32 Å². The summed E-state index contributed by atoms with van der Waals surface area (Å²) in [6.45, 7) is 3.81. The molecule has 5 nitrogen and oxygen atoms in total. The first-order chi connectivity index (χ1) is 15.5. The number of aliphatic hydroxyl groups is 1. The number of nitrogens with zero attached hydrogens (tertiary/aromatic N) is 1.